The highest BCUT2D eigenvalue weighted by atomic mass is 19.1. The molecule has 6 heteroatoms. The van der Waals surface area contributed by atoms with E-state index in [4.69, 9.17) is 4.42 Å². The Morgan fingerprint density at radius 3 is 2.83 bits per heavy atom. The number of hydrogen-bond donors (Lipinski definition) is 0. The number of aromatic nitrogens is 1. The molecule has 1 atom stereocenters. The third-order valence-electron chi connectivity index (χ3n) is 4.10. The van der Waals surface area contributed by atoms with Crippen LogP contribution < -0.4 is 0 Å². The first-order chi connectivity index (χ1) is 11.0. The smallest absolute Gasteiger partial charge is 0.239 e. The van der Waals surface area contributed by atoms with Crippen molar-refractivity contribution in [3.05, 3.63) is 42.0 Å². The van der Waals surface area contributed by atoms with Crippen molar-refractivity contribution in [3.63, 3.8) is 0 Å². The van der Waals surface area contributed by atoms with Gasteiger partial charge in [0.25, 0.3) is 0 Å². The van der Waals surface area contributed by atoms with Crippen LogP contribution in [0.3, 0.4) is 0 Å². The van der Waals surface area contributed by atoms with Crippen molar-refractivity contribution in [1.82, 2.24) is 14.8 Å². The van der Waals surface area contributed by atoms with E-state index in [2.05, 4.69) is 9.88 Å². The molecule has 5 nitrogen and oxygen atoms in total. The minimum Gasteiger partial charge on any atom is -0.444 e. The van der Waals surface area contributed by atoms with E-state index >= 15 is 0 Å². The topological polar surface area (TPSA) is 49.6 Å². The lowest BCUT2D eigenvalue weighted by Crippen LogP contribution is -2.42. The lowest BCUT2D eigenvalue weighted by molar-refractivity contribution is -0.133. The van der Waals surface area contributed by atoms with Crippen molar-refractivity contribution >= 4 is 5.91 Å². The summed E-state index contributed by atoms with van der Waals surface area (Å²) >= 11 is 0. The van der Waals surface area contributed by atoms with Crippen molar-refractivity contribution < 1.29 is 13.6 Å². The molecule has 1 aliphatic rings. The van der Waals surface area contributed by atoms with Gasteiger partial charge in [0.05, 0.1) is 11.7 Å². The average molecular weight is 317 g/mol. The number of likely N-dealkylation sites (tertiary alicyclic amines) is 1. The Morgan fingerprint density at radius 2 is 2.13 bits per heavy atom. The fraction of sp³-hybridized carbons (Fsp3) is 0.412. The average Bonchev–Trinajstić information content (AvgIpc) is 3.17. The highest BCUT2D eigenvalue weighted by Crippen LogP contribution is 2.23. The second-order valence-corrected chi connectivity index (χ2v) is 6.01. The number of carbonyl (C=O) groups is 1. The second-order valence-electron chi connectivity index (χ2n) is 6.01. The van der Waals surface area contributed by atoms with E-state index in [-0.39, 0.29) is 17.8 Å². The zero-order chi connectivity index (χ0) is 16.4. The predicted molar refractivity (Wildman–Crippen MR) is 84.0 cm³/mol. The van der Waals surface area contributed by atoms with Gasteiger partial charge in [-0.3, -0.25) is 9.69 Å². The molecule has 1 amide bonds. The van der Waals surface area contributed by atoms with Crippen LogP contribution in [0.1, 0.15) is 18.5 Å². The number of rotatable bonds is 4. The van der Waals surface area contributed by atoms with Crippen LogP contribution in [-0.2, 0) is 11.3 Å². The van der Waals surface area contributed by atoms with Crippen molar-refractivity contribution in [3.8, 4) is 11.5 Å². The van der Waals surface area contributed by atoms with E-state index in [0.29, 0.717) is 12.4 Å². The molecule has 1 aromatic carbocycles. The van der Waals surface area contributed by atoms with Gasteiger partial charge >= 0.3 is 0 Å². The third-order valence-corrected chi connectivity index (χ3v) is 4.10. The van der Waals surface area contributed by atoms with Gasteiger partial charge < -0.3 is 9.32 Å². The van der Waals surface area contributed by atoms with Crippen molar-refractivity contribution in [2.24, 2.45) is 0 Å². The first-order valence-corrected chi connectivity index (χ1v) is 7.70. The van der Waals surface area contributed by atoms with Gasteiger partial charge in [-0.05, 0) is 43.7 Å². The lowest BCUT2D eigenvalue weighted by Gasteiger charge is -2.25. The summed E-state index contributed by atoms with van der Waals surface area (Å²) in [7, 11) is 3.56. The van der Waals surface area contributed by atoms with Gasteiger partial charge in [0, 0.05) is 26.2 Å². The maximum absolute atomic E-state index is 13.0. The number of carbonyl (C=O) groups excluding carboxylic acids is 1. The third kappa shape index (κ3) is 3.42. The molecule has 1 aliphatic heterocycles. The standard InChI is InChI=1S/C17H20FN3O2/c1-20(2)17(22)15-4-3-9-21(15)10-14-11-23-16(19-14)12-5-7-13(18)8-6-12/h5-8,11,15H,3-4,9-10H2,1-2H3. The summed E-state index contributed by atoms with van der Waals surface area (Å²) in [5, 5.41) is 0. The first kappa shape index (κ1) is 15.7. The highest BCUT2D eigenvalue weighted by molar-refractivity contribution is 5.81. The molecule has 23 heavy (non-hydrogen) atoms. The molecular weight excluding hydrogens is 297 g/mol. The van der Waals surface area contributed by atoms with Gasteiger partial charge in [-0.25, -0.2) is 9.37 Å². The van der Waals surface area contributed by atoms with Crippen LogP contribution in [0.5, 0.6) is 0 Å². The Hall–Kier alpha value is -2.21. The summed E-state index contributed by atoms with van der Waals surface area (Å²) in [4.78, 5) is 20.4. The van der Waals surface area contributed by atoms with E-state index in [0.717, 1.165) is 30.6 Å². The zero-order valence-electron chi connectivity index (χ0n) is 13.3. The van der Waals surface area contributed by atoms with Crippen LogP contribution in [0.4, 0.5) is 4.39 Å². The molecule has 0 aliphatic carbocycles. The first-order valence-electron chi connectivity index (χ1n) is 7.70. The molecule has 2 heterocycles. The van der Waals surface area contributed by atoms with Gasteiger partial charge in [-0.1, -0.05) is 0 Å². The van der Waals surface area contributed by atoms with E-state index in [1.807, 2.05) is 0 Å². The van der Waals surface area contributed by atoms with Gasteiger partial charge in [-0.2, -0.15) is 0 Å². The quantitative estimate of drug-likeness (QED) is 0.869. The van der Waals surface area contributed by atoms with Crippen LogP contribution >= 0.6 is 0 Å². The van der Waals surface area contributed by atoms with Crippen molar-refractivity contribution in [1.29, 1.82) is 0 Å². The summed E-state index contributed by atoms with van der Waals surface area (Å²) in [5.74, 6) is 0.307. The SMILES string of the molecule is CN(C)C(=O)C1CCCN1Cc1coc(-c2ccc(F)cc2)n1. The number of hydrogen-bond acceptors (Lipinski definition) is 4. The molecule has 1 saturated heterocycles. The Labute approximate surface area is 134 Å². The minimum atomic E-state index is -0.289. The Balaban J connectivity index is 1.71. The van der Waals surface area contributed by atoms with Crippen LogP contribution in [0.2, 0.25) is 0 Å². The minimum absolute atomic E-state index is 0.0871. The number of oxazole rings is 1. The molecular formula is C17H20FN3O2. The normalized spacial score (nSPS) is 18.3. The van der Waals surface area contributed by atoms with E-state index < -0.39 is 0 Å². The second kappa shape index (κ2) is 6.50. The number of likely N-dealkylation sites (N-methyl/N-ethyl adjacent to an activating group) is 1. The lowest BCUT2D eigenvalue weighted by atomic mass is 10.2. The molecule has 0 saturated carbocycles. The van der Waals surface area contributed by atoms with Crippen molar-refractivity contribution in [2.45, 2.75) is 25.4 Å². The molecule has 0 spiro atoms. The van der Waals surface area contributed by atoms with Crippen LogP contribution in [0.15, 0.2) is 34.9 Å². The predicted octanol–water partition coefficient (Wildman–Crippen LogP) is 2.53. The highest BCUT2D eigenvalue weighted by Gasteiger charge is 2.32. The summed E-state index contributed by atoms with van der Waals surface area (Å²) < 4.78 is 18.5. The molecule has 1 aromatic heterocycles. The summed E-state index contributed by atoms with van der Waals surface area (Å²) in [6.07, 6.45) is 3.49. The van der Waals surface area contributed by atoms with Crippen molar-refractivity contribution in [2.75, 3.05) is 20.6 Å². The molecule has 122 valence electrons. The van der Waals surface area contributed by atoms with E-state index in [9.17, 15) is 9.18 Å². The Kier molecular flexibility index (Phi) is 4.43. The van der Waals surface area contributed by atoms with Gasteiger partial charge in [0.1, 0.15) is 12.1 Å². The summed E-state index contributed by atoms with van der Waals surface area (Å²) in [5.41, 5.74) is 1.52. The van der Waals surface area contributed by atoms with Crippen LogP contribution in [0, 0.1) is 5.82 Å². The molecule has 2 aromatic rings. The Bertz CT molecular complexity index is 681. The summed E-state index contributed by atoms with van der Waals surface area (Å²) in [6.45, 7) is 1.46. The van der Waals surface area contributed by atoms with Gasteiger partial charge in [-0.15, -0.1) is 0 Å². The largest absolute Gasteiger partial charge is 0.444 e. The number of amides is 1. The van der Waals surface area contributed by atoms with E-state index in [1.54, 1.807) is 37.4 Å². The maximum Gasteiger partial charge on any atom is 0.239 e. The monoisotopic (exact) mass is 317 g/mol. The molecule has 0 radical (unpaired) electrons. The van der Waals surface area contributed by atoms with E-state index in [1.165, 1.54) is 12.1 Å². The van der Waals surface area contributed by atoms with Crippen LogP contribution in [-0.4, -0.2) is 47.4 Å². The number of nitrogens with zero attached hydrogens (tertiary/aromatic N) is 3. The fourth-order valence-corrected chi connectivity index (χ4v) is 2.91. The molecule has 0 N–H and O–H groups in total. The zero-order valence-corrected chi connectivity index (χ0v) is 13.3. The summed E-state index contributed by atoms with van der Waals surface area (Å²) in [6, 6.07) is 5.95. The fourth-order valence-electron chi connectivity index (χ4n) is 2.91. The molecule has 0 bridgehead atoms. The molecule has 1 unspecified atom stereocenters. The number of halogens is 1. The Morgan fingerprint density at radius 1 is 1.39 bits per heavy atom. The molecule has 3 rings (SSSR count). The maximum atomic E-state index is 13.0. The van der Waals surface area contributed by atoms with Gasteiger partial charge in [0.15, 0.2) is 0 Å². The number of benzene rings is 1. The molecule has 1 fully saturated rings. The van der Waals surface area contributed by atoms with Gasteiger partial charge in [0.2, 0.25) is 11.8 Å². The van der Waals surface area contributed by atoms with Crippen LogP contribution in [0.25, 0.3) is 11.5 Å².